The smallest absolute Gasteiger partial charge is 0.306 e. The predicted molar refractivity (Wildman–Crippen MR) is 268 cm³/mol. The number of ether oxygens (including phenoxy) is 2. The maximum atomic E-state index is 12.7. The predicted octanol–water partition coefficient (Wildman–Crippen LogP) is 14.5. The number of hydrogen-bond donors (Lipinski definition) is 0. The number of carbonyl (C=O) groups is 1. The number of carbonyl (C=O) groups excluding carboxylic acids is 1. The summed E-state index contributed by atoms with van der Waals surface area (Å²) >= 11 is 0. The summed E-state index contributed by atoms with van der Waals surface area (Å²) < 4.78 is 34.7. The van der Waals surface area contributed by atoms with Crippen molar-refractivity contribution in [2.24, 2.45) is 0 Å². The fourth-order valence-electron chi connectivity index (χ4n) is 6.09. The van der Waals surface area contributed by atoms with Crippen LogP contribution in [0.15, 0.2) is 109 Å². The van der Waals surface area contributed by atoms with Gasteiger partial charge < -0.3 is 27.9 Å². The van der Waals surface area contributed by atoms with E-state index < -0.39 is 13.9 Å². The summed E-state index contributed by atoms with van der Waals surface area (Å²) in [5.74, 6) is -0.360. The standard InChI is InChI=1S/C54H92NO7P/c1-6-8-10-12-14-16-18-20-22-23-24-25-26-27-28-29-30-31-32-34-36-38-40-42-44-46-49-59-51-53(52-61-63(57,58)60-50-48-55(3,4)5)62-54(56)47-45-43-41-39-37-35-33-21-19-17-15-13-11-9-7-2/h8-11,14-17,20-22,24-25,27-28,30-31,33,53H,6-7,12-13,18-19,23,26,29,32,34-52H2,1-5H3/b10-8-,11-9-,16-14-,17-15-,22-20-,25-24-,28-27-,31-30-,33-21-. The van der Waals surface area contributed by atoms with E-state index in [0.717, 1.165) is 122 Å². The molecule has 0 aromatic heterocycles. The van der Waals surface area contributed by atoms with Crippen LogP contribution in [-0.2, 0) is 27.9 Å². The zero-order valence-corrected chi connectivity index (χ0v) is 41.6. The molecule has 0 aromatic rings. The molecule has 0 N–H and O–H groups in total. The number of unbranched alkanes of at least 4 members (excludes halogenated alkanes) is 12. The van der Waals surface area contributed by atoms with Crippen molar-refractivity contribution in [1.82, 2.24) is 0 Å². The Hall–Kier alpha value is -2.84. The number of esters is 1. The second-order valence-corrected chi connectivity index (χ2v) is 18.5. The molecule has 0 aliphatic carbocycles. The fourth-order valence-corrected chi connectivity index (χ4v) is 6.82. The second-order valence-electron chi connectivity index (χ2n) is 17.1. The third-order valence-electron chi connectivity index (χ3n) is 9.82. The van der Waals surface area contributed by atoms with E-state index in [4.69, 9.17) is 18.5 Å². The van der Waals surface area contributed by atoms with Gasteiger partial charge in [0.15, 0.2) is 0 Å². The van der Waals surface area contributed by atoms with Crippen LogP contribution < -0.4 is 4.89 Å². The van der Waals surface area contributed by atoms with Crippen molar-refractivity contribution in [2.45, 2.75) is 174 Å². The molecule has 0 aliphatic heterocycles. The number of phosphoric ester groups is 1. The second kappa shape index (κ2) is 45.7. The lowest BCUT2D eigenvalue weighted by atomic mass is 10.1. The van der Waals surface area contributed by atoms with E-state index in [1.54, 1.807) is 0 Å². The van der Waals surface area contributed by atoms with E-state index in [1.807, 2.05) is 21.1 Å². The lowest BCUT2D eigenvalue weighted by Crippen LogP contribution is -2.37. The van der Waals surface area contributed by atoms with Gasteiger partial charge in [0.25, 0.3) is 7.82 Å². The topological polar surface area (TPSA) is 94.1 Å². The molecule has 9 heteroatoms. The van der Waals surface area contributed by atoms with E-state index in [9.17, 15) is 14.3 Å². The minimum absolute atomic E-state index is 0.0134. The first-order valence-corrected chi connectivity index (χ1v) is 26.1. The summed E-state index contributed by atoms with van der Waals surface area (Å²) in [6, 6.07) is 0. The van der Waals surface area contributed by atoms with Crippen LogP contribution in [-0.4, -0.2) is 70.7 Å². The van der Waals surface area contributed by atoms with Gasteiger partial charge in [-0.25, -0.2) is 0 Å². The Bertz CT molecular complexity index is 1370. The van der Waals surface area contributed by atoms with Gasteiger partial charge in [-0.3, -0.25) is 9.36 Å². The van der Waals surface area contributed by atoms with Gasteiger partial charge in [0.2, 0.25) is 0 Å². The molecule has 0 saturated carbocycles. The fraction of sp³-hybridized carbons (Fsp3) is 0.648. The minimum atomic E-state index is -4.55. The highest BCUT2D eigenvalue weighted by molar-refractivity contribution is 7.45. The molecule has 63 heavy (non-hydrogen) atoms. The zero-order valence-electron chi connectivity index (χ0n) is 40.7. The first-order valence-electron chi connectivity index (χ1n) is 24.6. The summed E-state index contributed by atoms with van der Waals surface area (Å²) in [5.41, 5.74) is 0. The van der Waals surface area contributed by atoms with Crippen molar-refractivity contribution in [2.75, 3.05) is 54.1 Å². The van der Waals surface area contributed by atoms with Crippen LogP contribution >= 0.6 is 7.82 Å². The third kappa shape index (κ3) is 50.0. The molecule has 2 unspecified atom stereocenters. The van der Waals surface area contributed by atoms with Crippen molar-refractivity contribution >= 4 is 13.8 Å². The summed E-state index contributed by atoms with van der Waals surface area (Å²) in [6.07, 6.45) is 64.0. The Morgan fingerprint density at radius 2 is 0.873 bits per heavy atom. The van der Waals surface area contributed by atoms with Gasteiger partial charge in [0.1, 0.15) is 19.3 Å². The minimum Gasteiger partial charge on any atom is -0.756 e. The summed E-state index contributed by atoms with van der Waals surface area (Å²) in [4.78, 5) is 25.1. The quantitative estimate of drug-likeness (QED) is 0.0198. The van der Waals surface area contributed by atoms with Gasteiger partial charge in [0.05, 0.1) is 34.4 Å². The molecule has 0 aliphatic rings. The maximum Gasteiger partial charge on any atom is 0.306 e. The molecule has 0 saturated heterocycles. The number of hydrogen-bond acceptors (Lipinski definition) is 7. The highest BCUT2D eigenvalue weighted by Gasteiger charge is 2.20. The Balaban J connectivity index is 4.21. The molecular weight excluding hydrogens is 806 g/mol. The Morgan fingerprint density at radius 1 is 0.492 bits per heavy atom. The average Bonchev–Trinajstić information content (AvgIpc) is 3.24. The molecule has 0 rings (SSSR count). The molecule has 0 radical (unpaired) electrons. The first-order chi connectivity index (χ1) is 30.6. The lowest BCUT2D eigenvalue weighted by Gasteiger charge is -2.28. The number of likely N-dealkylation sites (N-methyl/N-ethyl adjacent to an activating group) is 1. The largest absolute Gasteiger partial charge is 0.756 e. The van der Waals surface area contributed by atoms with Gasteiger partial charge >= 0.3 is 5.97 Å². The van der Waals surface area contributed by atoms with Crippen molar-refractivity contribution in [3.63, 3.8) is 0 Å². The van der Waals surface area contributed by atoms with Gasteiger partial charge in [0, 0.05) is 13.0 Å². The molecule has 360 valence electrons. The Labute approximate surface area is 387 Å². The summed E-state index contributed by atoms with van der Waals surface area (Å²) in [6.45, 7) is 5.10. The molecule has 0 aromatic carbocycles. The van der Waals surface area contributed by atoms with E-state index in [-0.39, 0.29) is 32.2 Å². The number of phosphoric acid groups is 1. The highest BCUT2D eigenvalue weighted by atomic mass is 31.2. The van der Waals surface area contributed by atoms with Gasteiger partial charge in [-0.2, -0.15) is 0 Å². The molecule has 8 nitrogen and oxygen atoms in total. The van der Waals surface area contributed by atoms with Crippen LogP contribution in [0.5, 0.6) is 0 Å². The SMILES string of the molecule is CC/C=C\C/C=C\C/C=C\C/C=C\C/C=C\C/C=C\CCCCCCCCCOCC(COP(=O)([O-])OCC[N+](C)(C)C)OC(=O)CCCCCCC/C=C\C/C=C\C/C=C\CC. The number of quaternary nitrogens is 1. The van der Waals surface area contributed by atoms with Crippen molar-refractivity contribution in [1.29, 1.82) is 0 Å². The molecule has 0 heterocycles. The van der Waals surface area contributed by atoms with Crippen LogP contribution in [0.1, 0.15) is 168 Å². The van der Waals surface area contributed by atoms with Gasteiger partial charge in [-0.05, 0) is 96.3 Å². The number of nitrogens with zero attached hydrogens (tertiary/aromatic N) is 1. The normalized spacial score (nSPS) is 14.6. The van der Waals surface area contributed by atoms with E-state index in [1.165, 1.54) is 25.7 Å². The maximum absolute atomic E-state index is 12.7. The van der Waals surface area contributed by atoms with Crippen LogP contribution in [0.25, 0.3) is 0 Å². The van der Waals surface area contributed by atoms with Crippen molar-refractivity contribution in [3.05, 3.63) is 109 Å². The molecule has 0 bridgehead atoms. The molecule has 0 fully saturated rings. The Kier molecular flexibility index (Phi) is 43.7. The van der Waals surface area contributed by atoms with Gasteiger partial charge in [-0.15, -0.1) is 0 Å². The van der Waals surface area contributed by atoms with Crippen molar-refractivity contribution in [3.8, 4) is 0 Å². The summed E-state index contributed by atoms with van der Waals surface area (Å²) in [7, 11) is 1.32. The molecule has 0 spiro atoms. The molecule has 2 atom stereocenters. The van der Waals surface area contributed by atoms with Crippen LogP contribution in [0.3, 0.4) is 0 Å². The van der Waals surface area contributed by atoms with E-state index in [0.29, 0.717) is 17.6 Å². The van der Waals surface area contributed by atoms with Crippen LogP contribution in [0, 0.1) is 0 Å². The third-order valence-corrected chi connectivity index (χ3v) is 10.8. The molecule has 0 amide bonds. The van der Waals surface area contributed by atoms with Gasteiger partial charge in [-0.1, -0.05) is 175 Å². The van der Waals surface area contributed by atoms with Crippen LogP contribution in [0.2, 0.25) is 0 Å². The summed E-state index contributed by atoms with van der Waals surface area (Å²) in [5, 5.41) is 0. The molecular formula is C54H92NO7P. The zero-order chi connectivity index (χ0) is 46.2. The van der Waals surface area contributed by atoms with E-state index >= 15 is 0 Å². The van der Waals surface area contributed by atoms with Crippen LogP contribution in [0.4, 0.5) is 0 Å². The first kappa shape index (κ1) is 60.2. The average molecular weight is 898 g/mol. The van der Waals surface area contributed by atoms with E-state index in [2.05, 4.69) is 123 Å². The lowest BCUT2D eigenvalue weighted by molar-refractivity contribution is -0.870. The number of allylic oxidation sites excluding steroid dienone is 18. The number of rotatable bonds is 44. The highest BCUT2D eigenvalue weighted by Crippen LogP contribution is 2.38. The Morgan fingerprint density at radius 3 is 1.30 bits per heavy atom. The van der Waals surface area contributed by atoms with Crippen molar-refractivity contribution < 1.29 is 37.3 Å². The monoisotopic (exact) mass is 898 g/mol.